The van der Waals surface area contributed by atoms with Crippen molar-refractivity contribution < 1.29 is 23.8 Å². The minimum Gasteiger partial charge on any atom is -0.476 e. The number of benzene rings is 1. The fourth-order valence-electron chi connectivity index (χ4n) is 3.03. The van der Waals surface area contributed by atoms with Crippen LogP contribution in [0.25, 0.3) is 0 Å². The summed E-state index contributed by atoms with van der Waals surface area (Å²) < 4.78 is 27.1. The molecular weight excluding hydrogens is 332 g/mol. The number of rotatable bonds is 4. The fourth-order valence-corrected chi connectivity index (χ4v) is 3.03. The molecule has 1 aliphatic rings. The molecule has 0 saturated carbocycles. The lowest BCUT2D eigenvalue weighted by atomic mass is 9.87. The molecular formula is C17H17F2N3O3. The molecule has 1 saturated heterocycles. The Balaban J connectivity index is 1.65. The first kappa shape index (κ1) is 17.2. The van der Waals surface area contributed by atoms with Crippen molar-refractivity contribution in [3.63, 3.8) is 0 Å². The van der Waals surface area contributed by atoms with Gasteiger partial charge in [-0.15, -0.1) is 0 Å². The molecule has 1 aromatic carbocycles. The molecule has 132 valence electrons. The Bertz CT molecular complexity index is 762. The molecule has 8 heteroatoms. The maximum Gasteiger partial charge on any atom is 0.356 e. The zero-order valence-corrected chi connectivity index (χ0v) is 13.3. The van der Waals surface area contributed by atoms with Gasteiger partial charge in [0.25, 0.3) is 0 Å². The summed E-state index contributed by atoms with van der Waals surface area (Å²) in [7, 11) is 0. The van der Waals surface area contributed by atoms with E-state index in [-0.39, 0.29) is 17.2 Å². The number of carboxylic acids is 1. The van der Waals surface area contributed by atoms with E-state index in [2.05, 4.69) is 9.97 Å². The average Bonchev–Trinajstić information content (AvgIpc) is 2.63. The molecule has 1 unspecified atom stereocenters. The molecule has 1 atom stereocenters. The number of nitrogens with zero attached hydrogens (tertiary/aromatic N) is 3. The zero-order chi connectivity index (χ0) is 18.0. The van der Waals surface area contributed by atoms with E-state index >= 15 is 0 Å². The highest BCUT2D eigenvalue weighted by atomic mass is 19.1. The molecule has 1 fully saturated rings. The largest absolute Gasteiger partial charge is 0.476 e. The van der Waals surface area contributed by atoms with Crippen molar-refractivity contribution in [1.29, 1.82) is 0 Å². The third-order valence-electron chi connectivity index (χ3n) is 4.44. The van der Waals surface area contributed by atoms with Gasteiger partial charge in [-0.25, -0.2) is 23.5 Å². The van der Waals surface area contributed by atoms with Gasteiger partial charge in [-0.05, 0) is 37.0 Å². The number of aromatic carboxylic acids is 1. The second-order valence-electron chi connectivity index (χ2n) is 6.00. The van der Waals surface area contributed by atoms with Gasteiger partial charge in [0, 0.05) is 18.7 Å². The predicted octanol–water partition coefficient (Wildman–Crippen LogP) is 2.40. The number of piperidine rings is 1. The van der Waals surface area contributed by atoms with Crippen LogP contribution in [0.1, 0.15) is 35.0 Å². The van der Waals surface area contributed by atoms with Gasteiger partial charge in [-0.2, -0.15) is 0 Å². The number of carbonyl (C=O) groups is 1. The Kier molecular flexibility index (Phi) is 4.89. The minimum absolute atomic E-state index is 0.0240. The molecule has 25 heavy (non-hydrogen) atoms. The van der Waals surface area contributed by atoms with Gasteiger partial charge >= 0.3 is 5.97 Å². The summed E-state index contributed by atoms with van der Waals surface area (Å²) in [5.41, 5.74) is -0.153. The maximum absolute atomic E-state index is 13.8. The third-order valence-corrected chi connectivity index (χ3v) is 4.44. The molecule has 0 spiro atoms. The van der Waals surface area contributed by atoms with Crippen molar-refractivity contribution in [1.82, 2.24) is 9.97 Å². The number of carboxylic acid groups (broad SMARTS) is 1. The molecule has 2 heterocycles. The van der Waals surface area contributed by atoms with Crippen LogP contribution in [0.15, 0.2) is 30.6 Å². The highest BCUT2D eigenvalue weighted by Crippen LogP contribution is 2.33. The average molecular weight is 349 g/mol. The van der Waals surface area contributed by atoms with E-state index in [4.69, 9.17) is 5.11 Å². The maximum atomic E-state index is 13.8. The van der Waals surface area contributed by atoms with Crippen LogP contribution in [-0.2, 0) is 0 Å². The first-order valence-corrected chi connectivity index (χ1v) is 7.89. The molecule has 6 nitrogen and oxygen atoms in total. The first-order valence-electron chi connectivity index (χ1n) is 7.89. The molecule has 0 bridgehead atoms. The smallest absolute Gasteiger partial charge is 0.356 e. The molecule has 2 aromatic rings. The summed E-state index contributed by atoms with van der Waals surface area (Å²) in [6, 6.07) is 3.07. The van der Waals surface area contributed by atoms with E-state index in [0.29, 0.717) is 31.7 Å². The SMILES string of the molecule is O=C(O)c1cnc(N2CCC(C(O)c3cc(F)ccc3F)CC2)cn1. The fraction of sp³-hybridized carbons (Fsp3) is 0.353. The highest BCUT2D eigenvalue weighted by molar-refractivity contribution is 5.84. The lowest BCUT2D eigenvalue weighted by Crippen LogP contribution is -2.36. The van der Waals surface area contributed by atoms with Crippen LogP contribution in [0.3, 0.4) is 0 Å². The van der Waals surface area contributed by atoms with Crippen LogP contribution >= 0.6 is 0 Å². The number of aromatic nitrogens is 2. The molecule has 2 N–H and O–H groups in total. The van der Waals surface area contributed by atoms with Gasteiger partial charge in [0.05, 0.1) is 18.5 Å². The monoisotopic (exact) mass is 349 g/mol. The van der Waals surface area contributed by atoms with Crippen molar-refractivity contribution in [3.8, 4) is 0 Å². The van der Waals surface area contributed by atoms with E-state index in [9.17, 15) is 18.7 Å². The van der Waals surface area contributed by atoms with E-state index in [1.807, 2.05) is 4.90 Å². The third kappa shape index (κ3) is 3.74. The van der Waals surface area contributed by atoms with Crippen molar-refractivity contribution in [2.45, 2.75) is 18.9 Å². The van der Waals surface area contributed by atoms with Gasteiger partial charge < -0.3 is 15.1 Å². The van der Waals surface area contributed by atoms with Crippen molar-refractivity contribution in [2.75, 3.05) is 18.0 Å². The van der Waals surface area contributed by atoms with Crippen LogP contribution in [0.4, 0.5) is 14.6 Å². The quantitative estimate of drug-likeness (QED) is 0.881. The first-order chi connectivity index (χ1) is 12.0. The van der Waals surface area contributed by atoms with Gasteiger partial charge in [-0.3, -0.25) is 0 Å². The van der Waals surface area contributed by atoms with Crippen LogP contribution in [0.2, 0.25) is 0 Å². The van der Waals surface area contributed by atoms with Gasteiger partial charge in [0.1, 0.15) is 17.5 Å². The number of aliphatic hydroxyl groups excluding tert-OH is 1. The molecule has 0 radical (unpaired) electrons. The van der Waals surface area contributed by atoms with E-state index in [1.54, 1.807) is 0 Å². The topological polar surface area (TPSA) is 86.5 Å². The standard InChI is InChI=1S/C17H17F2N3O3/c18-11-1-2-13(19)12(7-11)16(23)10-3-5-22(6-4-10)15-9-20-14(8-21-15)17(24)25/h1-2,7-10,16,23H,3-6H2,(H,24,25). The molecule has 1 aromatic heterocycles. The Morgan fingerprint density at radius 2 is 1.92 bits per heavy atom. The van der Waals surface area contributed by atoms with Crippen molar-refractivity contribution >= 4 is 11.8 Å². The lowest BCUT2D eigenvalue weighted by Gasteiger charge is -2.34. The minimum atomic E-state index is -1.14. The Hall–Kier alpha value is -2.61. The summed E-state index contributed by atoms with van der Waals surface area (Å²) in [5.74, 6) is -1.99. The Labute approximate surface area is 142 Å². The van der Waals surface area contributed by atoms with Crippen LogP contribution in [0.5, 0.6) is 0 Å². The molecule has 0 aliphatic carbocycles. The van der Waals surface area contributed by atoms with Crippen molar-refractivity contribution in [2.24, 2.45) is 5.92 Å². The van der Waals surface area contributed by atoms with Gasteiger partial charge in [0.2, 0.25) is 0 Å². The summed E-state index contributed by atoms with van der Waals surface area (Å²) in [5, 5.41) is 19.2. The Morgan fingerprint density at radius 1 is 1.20 bits per heavy atom. The van der Waals surface area contributed by atoms with Crippen LogP contribution < -0.4 is 4.90 Å². The summed E-state index contributed by atoms with van der Waals surface area (Å²) in [6.45, 7) is 1.11. The molecule has 0 amide bonds. The van der Waals surface area contributed by atoms with Crippen LogP contribution in [-0.4, -0.2) is 39.2 Å². The summed E-state index contributed by atoms with van der Waals surface area (Å²) in [6.07, 6.45) is 2.66. The Morgan fingerprint density at radius 3 is 2.52 bits per heavy atom. The summed E-state index contributed by atoms with van der Waals surface area (Å²) in [4.78, 5) is 20.6. The van der Waals surface area contributed by atoms with E-state index in [0.717, 1.165) is 18.2 Å². The number of hydrogen-bond donors (Lipinski definition) is 2. The van der Waals surface area contributed by atoms with Gasteiger partial charge in [-0.1, -0.05) is 0 Å². The van der Waals surface area contributed by atoms with Crippen molar-refractivity contribution in [3.05, 3.63) is 53.5 Å². The number of anilines is 1. The van der Waals surface area contributed by atoms with Gasteiger partial charge in [0.15, 0.2) is 5.69 Å². The number of halogens is 2. The lowest BCUT2D eigenvalue weighted by molar-refractivity contribution is 0.0689. The number of hydrogen-bond acceptors (Lipinski definition) is 5. The second-order valence-corrected chi connectivity index (χ2v) is 6.00. The van der Waals surface area contributed by atoms with E-state index in [1.165, 1.54) is 12.4 Å². The number of aliphatic hydroxyl groups is 1. The predicted molar refractivity (Wildman–Crippen MR) is 85.2 cm³/mol. The zero-order valence-electron chi connectivity index (χ0n) is 13.3. The van der Waals surface area contributed by atoms with Crippen LogP contribution in [0, 0.1) is 17.6 Å². The highest BCUT2D eigenvalue weighted by Gasteiger charge is 2.28. The molecule has 1 aliphatic heterocycles. The normalized spacial score (nSPS) is 16.7. The second kappa shape index (κ2) is 7.10. The summed E-state index contributed by atoms with van der Waals surface area (Å²) >= 11 is 0. The molecule has 3 rings (SSSR count). The van der Waals surface area contributed by atoms with E-state index < -0.39 is 23.7 Å².